The Labute approximate surface area is 193 Å². The van der Waals surface area contributed by atoms with E-state index in [1.54, 1.807) is 25.1 Å². The van der Waals surface area contributed by atoms with Crippen molar-refractivity contribution in [2.45, 2.75) is 64.4 Å². The van der Waals surface area contributed by atoms with Crippen LogP contribution in [0.4, 0.5) is 4.39 Å². The van der Waals surface area contributed by atoms with Gasteiger partial charge in [-0.3, -0.25) is 9.59 Å². The fourth-order valence-electron chi connectivity index (χ4n) is 5.37. The van der Waals surface area contributed by atoms with E-state index in [0.29, 0.717) is 17.8 Å². The number of dihydropyridines is 1. The van der Waals surface area contributed by atoms with Gasteiger partial charge in [0.25, 0.3) is 0 Å². The van der Waals surface area contributed by atoms with E-state index in [1.165, 1.54) is 13.2 Å². The molecule has 176 valence electrons. The zero-order chi connectivity index (χ0) is 23.7. The third-order valence-corrected chi connectivity index (χ3v) is 7.01. The van der Waals surface area contributed by atoms with Gasteiger partial charge in [-0.05, 0) is 51.0 Å². The van der Waals surface area contributed by atoms with Crippen molar-refractivity contribution in [1.82, 2.24) is 5.32 Å². The van der Waals surface area contributed by atoms with Crippen molar-refractivity contribution in [3.63, 3.8) is 0 Å². The van der Waals surface area contributed by atoms with Crippen molar-refractivity contribution in [3.8, 4) is 0 Å². The number of carbonyl (C=O) groups excluding carboxylic acids is 3. The lowest BCUT2D eigenvalue weighted by atomic mass is 9.69. The first-order valence-electron chi connectivity index (χ1n) is 11.6. The van der Waals surface area contributed by atoms with Crippen LogP contribution in [0.15, 0.2) is 46.8 Å². The molecule has 0 unspecified atom stereocenters. The molecule has 0 radical (unpaired) electrons. The normalized spacial score (nSPS) is 25.9. The molecule has 0 aromatic heterocycles. The van der Waals surface area contributed by atoms with Crippen molar-refractivity contribution >= 4 is 17.7 Å². The van der Waals surface area contributed by atoms with E-state index < -0.39 is 35.4 Å². The molecule has 1 heterocycles. The number of hydrogen-bond acceptors (Lipinski definition) is 6. The first kappa shape index (κ1) is 23.2. The zero-order valence-corrected chi connectivity index (χ0v) is 19.3. The van der Waals surface area contributed by atoms with Gasteiger partial charge in [-0.15, -0.1) is 0 Å². The van der Waals surface area contributed by atoms with Crippen molar-refractivity contribution < 1.29 is 28.2 Å². The number of benzene rings is 1. The first-order chi connectivity index (χ1) is 15.8. The summed E-state index contributed by atoms with van der Waals surface area (Å²) < 4.78 is 25.8. The van der Waals surface area contributed by atoms with E-state index in [9.17, 15) is 14.4 Å². The number of allylic oxidation sites excluding steroid dienone is 3. The van der Waals surface area contributed by atoms with Gasteiger partial charge in [-0.2, -0.15) is 0 Å². The Morgan fingerprint density at radius 3 is 2.48 bits per heavy atom. The van der Waals surface area contributed by atoms with Crippen molar-refractivity contribution in [2.24, 2.45) is 11.8 Å². The van der Waals surface area contributed by atoms with E-state index in [-0.39, 0.29) is 28.7 Å². The van der Waals surface area contributed by atoms with E-state index in [1.807, 2.05) is 6.92 Å². The van der Waals surface area contributed by atoms with Crippen LogP contribution in [0.2, 0.25) is 0 Å². The maximum Gasteiger partial charge on any atom is 0.337 e. The maximum atomic E-state index is 15.1. The molecule has 3 aliphatic rings. The van der Waals surface area contributed by atoms with Crippen LogP contribution in [0.1, 0.15) is 63.9 Å². The minimum atomic E-state index is -1.00. The molecule has 0 spiro atoms. The number of nitrogens with one attached hydrogen (secondary N) is 1. The summed E-state index contributed by atoms with van der Waals surface area (Å²) in [7, 11) is 1.25. The third-order valence-electron chi connectivity index (χ3n) is 7.01. The lowest BCUT2D eigenvalue weighted by molar-refractivity contribution is -0.151. The molecule has 1 aromatic carbocycles. The van der Waals surface area contributed by atoms with Gasteiger partial charge in [0.2, 0.25) is 0 Å². The molecule has 33 heavy (non-hydrogen) atoms. The van der Waals surface area contributed by atoms with Crippen LogP contribution in [0.25, 0.3) is 0 Å². The predicted molar refractivity (Wildman–Crippen MR) is 119 cm³/mol. The monoisotopic (exact) mass is 455 g/mol. The Balaban J connectivity index is 1.80. The lowest BCUT2D eigenvalue weighted by Gasteiger charge is -2.38. The third kappa shape index (κ3) is 4.33. The van der Waals surface area contributed by atoms with E-state index in [4.69, 9.17) is 9.47 Å². The van der Waals surface area contributed by atoms with Gasteiger partial charge < -0.3 is 14.8 Å². The molecule has 0 bridgehead atoms. The molecular formula is C26H30FNO5. The molecule has 1 aliphatic heterocycles. The summed E-state index contributed by atoms with van der Waals surface area (Å²) in [6.07, 6.45) is 4.93. The van der Waals surface area contributed by atoms with Gasteiger partial charge in [0.1, 0.15) is 17.8 Å². The predicted octanol–water partition coefficient (Wildman–Crippen LogP) is 4.31. The molecule has 1 aromatic rings. The number of ketones is 1. The molecule has 1 fully saturated rings. The Kier molecular flexibility index (Phi) is 6.68. The second-order valence-corrected chi connectivity index (χ2v) is 9.22. The summed E-state index contributed by atoms with van der Waals surface area (Å²) in [4.78, 5) is 39.5. The van der Waals surface area contributed by atoms with Crippen LogP contribution in [-0.2, 0) is 23.9 Å². The molecule has 6 nitrogen and oxygen atoms in total. The van der Waals surface area contributed by atoms with E-state index in [2.05, 4.69) is 5.32 Å². The summed E-state index contributed by atoms with van der Waals surface area (Å²) in [5.74, 6) is -4.37. The number of hydrogen-bond donors (Lipinski definition) is 1. The van der Waals surface area contributed by atoms with Gasteiger partial charge in [-0.25, -0.2) is 9.18 Å². The standard InChI is InChI=1S/C26H30FNO5/c1-14-13-19-23(24(29)20(14)25(30)32-3)22(17-11-7-8-12-18(17)27)21(15(2)28-19)26(31)33-16-9-5-4-6-10-16/h7-8,11-12,14,16,20,22,28H,4-6,9-10,13H2,1-3H3/t14-,20-,22-/m1/s1. The summed E-state index contributed by atoms with van der Waals surface area (Å²) in [6, 6.07) is 6.13. The molecule has 1 saturated carbocycles. The van der Waals surface area contributed by atoms with Crippen molar-refractivity contribution in [1.29, 1.82) is 0 Å². The van der Waals surface area contributed by atoms with Crippen LogP contribution in [0.5, 0.6) is 0 Å². The van der Waals surface area contributed by atoms with Crippen LogP contribution in [0.3, 0.4) is 0 Å². The Morgan fingerprint density at radius 1 is 1.12 bits per heavy atom. The number of ether oxygens (including phenoxy) is 2. The lowest BCUT2D eigenvalue weighted by Crippen LogP contribution is -2.43. The smallest absolute Gasteiger partial charge is 0.337 e. The highest BCUT2D eigenvalue weighted by atomic mass is 19.1. The van der Waals surface area contributed by atoms with Gasteiger partial charge in [0.15, 0.2) is 5.78 Å². The minimum Gasteiger partial charge on any atom is -0.468 e. The minimum absolute atomic E-state index is 0.187. The van der Waals surface area contributed by atoms with Crippen molar-refractivity contribution in [3.05, 3.63) is 58.2 Å². The number of Topliss-reactive ketones (excluding diaryl/α,β-unsaturated/α-hetero) is 1. The van der Waals surface area contributed by atoms with Gasteiger partial charge >= 0.3 is 11.9 Å². The number of halogens is 1. The van der Waals surface area contributed by atoms with Gasteiger partial charge in [-0.1, -0.05) is 31.5 Å². The molecular weight excluding hydrogens is 425 g/mol. The fraction of sp³-hybridized carbons (Fsp3) is 0.500. The molecule has 3 atom stereocenters. The topological polar surface area (TPSA) is 81.7 Å². The largest absolute Gasteiger partial charge is 0.468 e. The molecule has 0 saturated heterocycles. The van der Waals surface area contributed by atoms with Crippen LogP contribution < -0.4 is 5.32 Å². The Bertz CT molecular complexity index is 1040. The molecule has 4 rings (SSSR count). The Morgan fingerprint density at radius 2 is 1.82 bits per heavy atom. The summed E-state index contributed by atoms with van der Waals surface area (Å²) >= 11 is 0. The SMILES string of the molecule is COC(=O)[C@H]1C(=O)C2=C(C[C@H]1C)NC(C)=C(C(=O)OC1CCCCC1)[C@H]2c1ccccc1F. The number of carbonyl (C=O) groups is 3. The quantitative estimate of drug-likeness (QED) is 0.538. The van der Waals surface area contributed by atoms with Crippen molar-refractivity contribution in [2.75, 3.05) is 7.11 Å². The number of methoxy groups -OCH3 is 1. The fourth-order valence-corrected chi connectivity index (χ4v) is 5.37. The average molecular weight is 456 g/mol. The second kappa shape index (κ2) is 9.49. The highest BCUT2D eigenvalue weighted by Crippen LogP contribution is 2.46. The molecule has 0 amide bonds. The molecule has 7 heteroatoms. The Hall–Kier alpha value is -2.96. The van der Waals surface area contributed by atoms with Crippen LogP contribution in [0, 0.1) is 17.7 Å². The molecule has 1 N–H and O–H groups in total. The summed E-state index contributed by atoms with van der Waals surface area (Å²) in [5, 5.41) is 3.21. The van der Waals surface area contributed by atoms with Crippen LogP contribution >= 0.6 is 0 Å². The molecule has 2 aliphatic carbocycles. The van der Waals surface area contributed by atoms with Crippen LogP contribution in [-0.4, -0.2) is 30.9 Å². The maximum absolute atomic E-state index is 15.1. The van der Waals surface area contributed by atoms with E-state index >= 15 is 4.39 Å². The first-order valence-corrected chi connectivity index (χ1v) is 11.6. The second-order valence-electron chi connectivity index (χ2n) is 9.22. The highest BCUT2D eigenvalue weighted by Gasteiger charge is 2.48. The van der Waals surface area contributed by atoms with Gasteiger partial charge in [0.05, 0.1) is 18.6 Å². The number of rotatable bonds is 4. The highest BCUT2D eigenvalue weighted by molar-refractivity contribution is 6.12. The summed E-state index contributed by atoms with van der Waals surface area (Å²) in [6.45, 7) is 3.56. The number of esters is 2. The van der Waals surface area contributed by atoms with E-state index in [0.717, 1.165) is 32.1 Å². The summed E-state index contributed by atoms with van der Waals surface area (Å²) in [5.41, 5.74) is 1.84. The van der Waals surface area contributed by atoms with Gasteiger partial charge in [0, 0.05) is 22.5 Å². The zero-order valence-electron chi connectivity index (χ0n) is 19.3. The average Bonchev–Trinajstić information content (AvgIpc) is 2.79.